The number of hydrogen-bond acceptors (Lipinski definition) is 2. The number of nitrogens with zero attached hydrogens (tertiary/aromatic N) is 1. The van der Waals surface area contributed by atoms with Crippen molar-refractivity contribution in [2.45, 2.75) is 44.9 Å². The van der Waals surface area contributed by atoms with E-state index < -0.39 is 0 Å². The summed E-state index contributed by atoms with van der Waals surface area (Å²) in [5.74, 6) is 0.922. The van der Waals surface area contributed by atoms with E-state index in [0.29, 0.717) is 0 Å². The van der Waals surface area contributed by atoms with Crippen LogP contribution in [0, 0.1) is 0 Å². The summed E-state index contributed by atoms with van der Waals surface area (Å²) in [6, 6.07) is 10.9. The van der Waals surface area contributed by atoms with Gasteiger partial charge >= 0.3 is 0 Å². The van der Waals surface area contributed by atoms with Crippen molar-refractivity contribution in [3.63, 3.8) is 0 Å². The first-order chi connectivity index (χ1) is 11.3. The minimum Gasteiger partial charge on any atom is -0.382 e. The normalized spacial score (nSPS) is 16.0. The Kier molecular flexibility index (Phi) is 10.3. The van der Waals surface area contributed by atoms with Gasteiger partial charge in [-0.2, -0.15) is 0 Å². The van der Waals surface area contributed by atoms with E-state index in [0.717, 1.165) is 45.2 Å². The molecule has 2 rings (SSSR count). The summed E-state index contributed by atoms with van der Waals surface area (Å²) in [4.78, 5) is 4.86. The zero-order valence-electron chi connectivity index (χ0n) is 15.0. The average Bonchev–Trinajstić information content (AvgIpc) is 2.54. The van der Waals surface area contributed by atoms with Crippen LogP contribution < -0.4 is 10.6 Å². The molecule has 1 aromatic carbocycles. The van der Waals surface area contributed by atoms with Crippen molar-refractivity contribution in [2.75, 3.05) is 32.8 Å². The summed E-state index contributed by atoms with van der Waals surface area (Å²) >= 11 is 0. The van der Waals surface area contributed by atoms with E-state index in [2.05, 4.69) is 47.9 Å². The lowest BCUT2D eigenvalue weighted by Gasteiger charge is -2.41. The number of nitrogens with one attached hydrogen (secondary N) is 2. The summed E-state index contributed by atoms with van der Waals surface area (Å²) in [6.07, 6.45) is 4.79. The van der Waals surface area contributed by atoms with E-state index in [9.17, 15) is 0 Å². The predicted molar refractivity (Wildman–Crippen MR) is 112 cm³/mol. The Morgan fingerprint density at radius 3 is 2.50 bits per heavy atom. The van der Waals surface area contributed by atoms with E-state index in [1.54, 1.807) is 0 Å². The molecule has 0 aromatic heterocycles. The van der Waals surface area contributed by atoms with Crippen LogP contribution in [0.2, 0.25) is 0 Å². The summed E-state index contributed by atoms with van der Waals surface area (Å²) in [7, 11) is 0. The maximum absolute atomic E-state index is 5.37. The van der Waals surface area contributed by atoms with Gasteiger partial charge in [0.25, 0.3) is 0 Å². The molecule has 0 bridgehead atoms. The second kappa shape index (κ2) is 11.7. The maximum Gasteiger partial charge on any atom is 0.191 e. The first-order valence-corrected chi connectivity index (χ1v) is 8.96. The molecule has 0 aliphatic heterocycles. The fourth-order valence-corrected chi connectivity index (χ4v) is 3.03. The number of rotatable bonds is 9. The molecule has 2 N–H and O–H groups in total. The SMILES string of the molecule is CCNC(=NCC1(c2ccccc2)CCC1)NCCCOCC.I. The molecule has 1 aliphatic carbocycles. The van der Waals surface area contributed by atoms with E-state index in [4.69, 9.17) is 9.73 Å². The highest BCUT2D eigenvalue weighted by Gasteiger charge is 2.38. The minimum absolute atomic E-state index is 0. The van der Waals surface area contributed by atoms with Gasteiger partial charge in [0.1, 0.15) is 0 Å². The van der Waals surface area contributed by atoms with Crippen LogP contribution in [-0.2, 0) is 10.2 Å². The number of hydrogen-bond donors (Lipinski definition) is 2. The molecular weight excluding hydrogens is 413 g/mol. The summed E-state index contributed by atoms with van der Waals surface area (Å²) in [6.45, 7) is 8.36. The van der Waals surface area contributed by atoms with Gasteiger partial charge in [-0.15, -0.1) is 24.0 Å². The highest BCUT2D eigenvalue weighted by atomic mass is 127. The van der Waals surface area contributed by atoms with E-state index >= 15 is 0 Å². The molecule has 0 unspecified atom stereocenters. The van der Waals surface area contributed by atoms with E-state index in [1.165, 1.54) is 24.8 Å². The average molecular weight is 445 g/mol. The lowest BCUT2D eigenvalue weighted by Crippen LogP contribution is -2.42. The van der Waals surface area contributed by atoms with Crippen LogP contribution in [0.25, 0.3) is 0 Å². The smallest absolute Gasteiger partial charge is 0.191 e. The largest absolute Gasteiger partial charge is 0.382 e. The lowest BCUT2D eigenvalue weighted by atomic mass is 9.64. The van der Waals surface area contributed by atoms with Gasteiger partial charge in [-0.3, -0.25) is 4.99 Å². The molecule has 0 radical (unpaired) electrons. The monoisotopic (exact) mass is 445 g/mol. The molecule has 4 nitrogen and oxygen atoms in total. The van der Waals surface area contributed by atoms with Gasteiger partial charge in [-0.05, 0) is 38.7 Å². The van der Waals surface area contributed by atoms with Gasteiger partial charge in [0.2, 0.25) is 0 Å². The third-order valence-electron chi connectivity index (χ3n) is 4.54. The van der Waals surface area contributed by atoms with Crippen LogP contribution in [0.1, 0.15) is 45.1 Å². The van der Waals surface area contributed by atoms with Crippen LogP contribution in [0.3, 0.4) is 0 Å². The van der Waals surface area contributed by atoms with Gasteiger partial charge in [0.15, 0.2) is 5.96 Å². The standard InChI is InChI=1S/C19H31N3O.HI/c1-3-20-18(21-14-9-15-23-4-2)22-16-19(12-8-13-19)17-10-6-5-7-11-17;/h5-7,10-11H,3-4,8-9,12-16H2,1-2H3,(H2,20,21,22);1H. The Morgan fingerprint density at radius 1 is 1.17 bits per heavy atom. The predicted octanol–water partition coefficient (Wildman–Crippen LogP) is 3.71. The Balaban J connectivity index is 0.00000288. The van der Waals surface area contributed by atoms with Gasteiger partial charge in [-0.1, -0.05) is 36.8 Å². The third kappa shape index (κ3) is 6.24. The molecule has 0 amide bonds. The van der Waals surface area contributed by atoms with Crippen LogP contribution >= 0.6 is 24.0 Å². The molecule has 24 heavy (non-hydrogen) atoms. The van der Waals surface area contributed by atoms with Gasteiger partial charge in [0, 0.05) is 31.7 Å². The van der Waals surface area contributed by atoms with Crippen molar-refractivity contribution < 1.29 is 4.74 Å². The zero-order chi connectivity index (χ0) is 16.4. The Morgan fingerprint density at radius 2 is 1.92 bits per heavy atom. The number of benzene rings is 1. The lowest BCUT2D eigenvalue weighted by molar-refractivity contribution is 0.145. The Hall–Kier alpha value is -0.820. The molecule has 136 valence electrons. The van der Waals surface area contributed by atoms with Crippen molar-refractivity contribution in [2.24, 2.45) is 4.99 Å². The van der Waals surface area contributed by atoms with Gasteiger partial charge in [-0.25, -0.2) is 0 Å². The molecular formula is C19H32IN3O. The fourth-order valence-electron chi connectivity index (χ4n) is 3.03. The highest BCUT2D eigenvalue weighted by molar-refractivity contribution is 14.0. The maximum atomic E-state index is 5.37. The van der Waals surface area contributed by atoms with Crippen LogP contribution in [-0.4, -0.2) is 38.8 Å². The van der Waals surface area contributed by atoms with Crippen molar-refractivity contribution >= 4 is 29.9 Å². The van der Waals surface area contributed by atoms with Crippen molar-refractivity contribution in [3.8, 4) is 0 Å². The van der Waals surface area contributed by atoms with Crippen molar-refractivity contribution in [1.29, 1.82) is 0 Å². The summed E-state index contributed by atoms with van der Waals surface area (Å²) in [5, 5.41) is 6.75. The highest BCUT2D eigenvalue weighted by Crippen LogP contribution is 2.43. The van der Waals surface area contributed by atoms with E-state index in [-0.39, 0.29) is 29.4 Å². The van der Waals surface area contributed by atoms with E-state index in [1.807, 2.05) is 6.92 Å². The quantitative estimate of drug-likeness (QED) is 0.264. The molecule has 5 heteroatoms. The molecule has 0 heterocycles. The second-order valence-corrected chi connectivity index (χ2v) is 6.17. The van der Waals surface area contributed by atoms with Crippen molar-refractivity contribution in [3.05, 3.63) is 35.9 Å². The molecule has 1 fully saturated rings. The number of ether oxygens (including phenoxy) is 1. The molecule has 0 atom stereocenters. The molecule has 0 saturated heterocycles. The molecule has 1 aromatic rings. The topological polar surface area (TPSA) is 45.7 Å². The second-order valence-electron chi connectivity index (χ2n) is 6.17. The fraction of sp³-hybridized carbons (Fsp3) is 0.632. The molecule has 1 saturated carbocycles. The molecule has 0 spiro atoms. The Labute approximate surface area is 163 Å². The van der Waals surface area contributed by atoms with Crippen LogP contribution in [0.15, 0.2) is 35.3 Å². The molecule has 1 aliphatic rings. The van der Waals surface area contributed by atoms with Gasteiger partial charge < -0.3 is 15.4 Å². The first kappa shape index (κ1) is 21.2. The zero-order valence-corrected chi connectivity index (χ0v) is 17.3. The van der Waals surface area contributed by atoms with Crippen LogP contribution in [0.5, 0.6) is 0 Å². The first-order valence-electron chi connectivity index (χ1n) is 8.96. The number of aliphatic imine (C=N–C) groups is 1. The Bertz CT molecular complexity index is 475. The van der Waals surface area contributed by atoms with Crippen LogP contribution in [0.4, 0.5) is 0 Å². The van der Waals surface area contributed by atoms with Crippen molar-refractivity contribution in [1.82, 2.24) is 10.6 Å². The minimum atomic E-state index is 0. The number of guanidine groups is 1. The third-order valence-corrected chi connectivity index (χ3v) is 4.54. The summed E-state index contributed by atoms with van der Waals surface area (Å²) < 4.78 is 5.37. The number of halogens is 1. The summed E-state index contributed by atoms with van der Waals surface area (Å²) in [5.41, 5.74) is 1.68. The van der Waals surface area contributed by atoms with Gasteiger partial charge in [0.05, 0.1) is 6.54 Å².